The number of carbonyl (C=O) groups is 1. The second kappa shape index (κ2) is 4.82. The lowest BCUT2D eigenvalue weighted by atomic mass is 10.1. The highest BCUT2D eigenvalue weighted by molar-refractivity contribution is 5.96. The molecule has 15 heavy (non-hydrogen) atoms. The number of nitrogen functional groups attached to an aromatic ring is 1. The Bertz CT molecular complexity index is 357. The zero-order valence-corrected chi connectivity index (χ0v) is 9.58. The van der Waals surface area contributed by atoms with Crippen LogP contribution in [0.5, 0.6) is 0 Å². The van der Waals surface area contributed by atoms with Crippen molar-refractivity contribution in [2.75, 3.05) is 18.8 Å². The maximum atomic E-state index is 12.1. The number of rotatable bonds is 3. The van der Waals surface area contributed by atoms with Gasteiger partial charge in [-0.05, 0) is 38.5 Å². The zero-order valence-electron chi connectivity index (χ0n) is 9.58. The van der Waals surface area contributed by atoms with Gasteiger partial charge in [0.25, 0.3) is 5.91 Å². The molecule has 0 heterocycles. The molecule has 2 N–H and O–H groups in total. The van der Waals surface area contributed by atoms with Crippen LogP contribution < -0.4 is 5.73 Å². The standard InChI is InChI=1S/C12H18N2O/c1-4-14(5-2)12(15)11-8-10(13)7-6-9(11)3/h6-8H,4-5,13H2,1-3H3. The first-order valence-electron chi connectivity index (χ1n) is 5.25. The summed E-state index contributed by atoms with van der Waals surface area (Å²) < 4.78 is 0. The van der Waals surface area contributed by atoms with E-state index in [1.54, 1.807) is 11.0 Å². The lowest BCUT2D eigenvalue weighted by molar-refractivity contribution is 0.0772. The van der Waals surface area contributed by atoms with Crippen LogP contribution in [0.1, 0.15) is 29.8 Å². The summed E-state index contributed by atoms with van der Waals surface area (Å²) in [5.74, 6) is 0.0600. The van der Waals surface area contributed by atoms with Crippen molar-refractivity contribution in [1.82, 2.24) is 4.90 Å². The van der Waals surface area contributed by atoms with Gasteiger partial charge in [0.05, 0.1) is 0 Å². The fraction of sp³-hybridized carbons (Fsp3) is 0.417. The number of carbonyl (C=O) groups excluding carboxylic acids is 1. The SMILES string of the molecule is CCN(CC)C(=O)c1cc(N)ccc1C. The fourth-order valence-electron chi connectivity index (χ4n) is 1.55. The van der Waals surface area contributed by atoms with Crippen molar-refractivity contribution in [3.05, 3.63) is 29.3 Å². The van der Waals surface area contributed by atoms with Crippen LogP contribution in [0.3, 0.4) is 0 Å². The van der Waals surface area contributed by atoms with Crippen LogP contribution in [-0.4, -0.2) is 23.9 Å². The van der Waals surface area contributed by atoms with E-state index in [1.807, 2.05) is 32.9 Å². The Labute approximate surface area is 90.9 Å². The largest absolute Gasteiger partial charge is 0.399 e. The van der Waals surface area contributed by atoms with E-state index in [0.29, 0.717) is 11.3 Å². The molecule has 1 rings (SSSR count). The summed E-state index contributed by atoms with van der Waals surface area (Å²) in [7, 11) is 0. The maximum absolute atomic E-state index is 12.1. The molecule has 0 unspecified atom stereocenters. The van der Waals surface area contributed by atoms with E-state index < -0.39 is 0 Å². The van der Waals surface area contributed by atoms with Gasteiger partial charge in [-0.15, -0.1) is 0 Å². The molecule has 0 aliphatic heterocycles. The van der Waals surface area contributed by atoms with Crippen LogP contribution in [0.15, 0.2) is 18.2 Å². The minimum absolute atomic E-state index is 0.0600. The van der Waals surface area contributed by atoms with E-state index >= 15 is 0 Å². The third-order valence-corrected chi connectivity index (χ3v) is 2.54. The van der Waals surface area contributed by atoms with Gasteiger partial charge >= 0.3 is 0 Å². The molecule has 0 aromatic heterocycles. The van der Waals surface area contributed by atoms with E-state index in [9.17, 15) is 4.79 Å². The fourth-order valence-corrected chi connectivity index (χ4v) is 1.55. The van der Waals surface area contributed by atoms with Gasteiger partial charge in [0.1, 0.15) is 0 Å². The van der Waals surface area contributed by atoms with Gasteiger partial charge in [-0.2, -0.15) is 0 Å². The normalized spacial score (nSPS) is 10.1. The van der Waals surface area contributed by atoms with E-state index in [0.717, 1.165) is 18.7 Å². The van der Waals surface area contributed by atoms with E-state index in [4.69, 9.17) is 5.73 Å². The molecule has 0 aliphatic carbocycles. The van der Waals surface area contributed by atoms with Crippen LogP contribution in [0, 0.1) is 6.92 Å². The van der Waals surface area contributed by atoms with Crippen molar-refractivity contribution >= 4 is 11.6 Å². The smallest absolute Gasteiger partial charge is 0.254 e. The van der Waals surface area contributed by atoms with Crippen LogP contribution >= 0.6 is 0 Å². The van der Waals surface area contributed by atoms with Crippen LogP contribution in [0.2, 0.25) is 0 Å². The van der Waals surface area contributed by atoms with Crippen LogP contribution in [0.25, 0.3) is 0 Å². The Morgan fingerprint density at radius 3 is 2.47 bits per heavy atom. The number of nitrogens with two attached hydrogens (primary N) is 1. The summed E-state index contributed by atoms with van der Waals surface area (Å²) in [4.78, 5) is 13.8. The number of amides is 1. The molecule has 3 nitrogen and oxygen atoms in total. The summed E-state index contributed by atoms with van der Waals surface area (Å²) in [5, 5.41) is 0. The lowest BCUT2D eigenvalue weighted by Gasteiger charge is -2.19. The minimum atomic E-state index is 0.0600. The second-order valence-electron chi connectivity index (χ2n) is 3.55. The maximum Gasteiger partial charge on any atom is 0.254 e. The minimum Gasteiger partial charge on any atom is -0.399 e. The van der Waals surface area contributed by atoms with Gasteiger partial charge in [-0.25, -0.2) is 0 Å². The molecule has 1 amide bonds. The number of benzene rings is 1. The van der Waals surface area contributed by atoms with Gasteiger partial charge in [-0.3, -0.25) is 4.79 Å². The molecule has 0 fully saturated rings. The molecular weight excluding hydrogens is 188 g/mol. The Balaban J connectivity index is 3.04. The molecular formula is C12H18N2O. The Morgan fingerprint density at radius 1 is 1.33 bits per heavy atom. The molecule has 82 valence electrons. The summed E-state index contributed by atoms with van der Waals surface area (Å²) in [6.07, 6.45) is 0. The Hall–Kier alpha value is -1.51. The molecule has 0 atom stereocenters. The molecule has 0 saturated heterocycles. The van der Waals surface area contributed by atoms with Crippen LogP contribution in [0.4, 0.5) is 5.69 Å². The molecule has 0 spiro atoms. The predicted molar refractivity (Wildman–Crippen MR) is 62.8 cm³/mol. The number of nitrogens with zero attached hydrogens (tertiary/aromatic N) is 1. The van der Waals surface area contributed by atoms with Crippen molar-refractivity contribution in [2.45, 2.75) is 20.8 Å². The highest BCUT2D eigenvalue weighted by Gasteiger charge is 2.14. The Kier molecular flexibility index (Phi) is 3.72. The molecule has 0 bridgehead atoms. The quantitative estimate of drug-likeness (QED) is 0.769. The first kappa shape index (κ1) is 11.6. The Morgan fingerprint density at radius 2 is 1.93 bits per heavy atom. The van der Waals surface area contributed by atoms with E-state index in [1.165, 1.54) is 0 Å². The summed E-state index contributed by atoms with van der Waals surface area (Å²) in [6, 6.07) is 5.44. The zero-order chi connectivity index (χ0) is 11.4. The number of hydrogen-bond donors (Lipinski definition) is 1. The summed E-state index contributed by atoms with van der Waals surface area (Å²) in [6.45, 7) is 7.33. The van der Waals surface area contributed by atoms with Gasteiger partial charge < -0.3 is 10.6 Å². The highest BCUT2D eigenvalue weighted by atomic mass is 16.2. The molecule has 0 saturated carbocycles. The molecule has 0 radical (unpaired) electrons. The number of hydrogen-bond acceptors (Lipinski definition) is 2. The predicted octanol–water partition coefficient (Wildman–Crippen LogP) is 2.06. The monoisotopic (exact) mass is 206 g/mol. The molecule has 3 heteroatoms. The van der Waals surface area contributed by atoms with Gasteiger partial charge in [-0.1, -0.05) is 6.07 Å². The lowest BCUT2D eigenvalue weighted by Crippen LogP contribution is -2.31. The van der Waals surface area contributed by atoms with Crippen molar-refractivity contribution in [3.63, 3.8) is 0 Å². The van der Waals surface area contributed by atoms with Gasteiger partial charge in [0, 0.05) is 24.3 Å². The molecule has 0 aliphatic rings. The van der Waals surface area contributed by atoms with Crippen molar-refractivity contribution in [1.29, 1.82) is 0 Å². The molecule has 1 aromatic carbocycles. The number of aryl methyl sites for hydroxylation is 1. The van der Waals surface area contributed by atoms with Crippen molar-refractivity contribution in [2.24, 2.45) is 0 Å². The van der Waals surface area contributed by atoms with Gasteiger partial charge in [0.15, 0.2) is 0 Å². The van der Waals surface area contributed by atoms with Crippen LogP contribution in [-0.2, 0) is 0 Å². The summed E-state index contributed by atoms with van der Waals surface area (Å²) >= 11 is 0. The average Bonchev–Trinajstić information content (AvgIpc) is 2.23. The number of anilines is 1. The third kappa shape index (κ3) is 2.49. The third-order valence-electron chi connectivity index (χ3n) is 2.54. The van der Waals surface area contributed by atoms with Crippen molar-refractivity contribution < 1.29 is 4.79 Å². The highest BCUT2D eigenvalue weighted by Crippen LogP contribution is 2.14. The van der Waals surface area contributed by atoms with E-state index in [-0.39, 0.29) is 5.91 Å². The first-order valence-corrected chi connectivity index (χ1v) is 5.25. The van der Waals surface area contributed by atoms with E-state index in [2.05, 4.69) is 0 Å². The average molecular weight is 206 g/mol. The summed E-state index contributed by atoms with van der Waals surface area (Å²) in [5.41, 5.74) is 7.99. The second-order valence-corrected chi connectivity index (χ2v) is 3.55. The van der Waals surface area contributed by atoms with Gasteiger partial charge in [0.2, 0.25) is 0 Å². The molecule has 1 aromatic rings. The topological polar surface area (TPSA) is 46.3 Å². The first-order chi connectivity index (χ1) is 7.10. The van der Waals surface area contributed by atoms with Crippen molar-refractivity contribution in [3.8, 4) is 0 Å².